The SMILES string of the molecule is CCC1CCCCN1CCNC(=O)c1csc(CCN)n1. The molecule has 118 valence electrons. The van der Waals surface area contributed by atoms with Gasteiger partial charge in [-0.05, 0) is 32.4 Å². The van der Waals surface area contributed by atoms with Gasteiger partial charge < -0.3 is 11.1 Å². The summed E-state index contributed by atoms with van der Waals surface area (Å²) in [6.45, 7) is 5.60. The molecule has 1 aliphatic heterocycles. The number of nitrogens with zero attached hydrogens (tertiary/aromatic N) is 2. The predicted molar refractivity (Wildman–Crippen MR) is 86.7 cm³/mol. The van der Waals surface area contributed by atoms with Gasteiger partial charge in [0.1, 0.15) is 5.69 Å². The molecule has 0 aromatic carbocycles. The fourth-order valence-corrected chi connectivity index (χ4v) is 3.67. The first-order chi connectivity index (χ1) is 10.2. The maximum Gasteiger partial charge on any atom is 0.270 e. The molecule has 3 N–H and O–H groups in total. The second kappa shape index (κ2) is 8.46. The summed E-state index contributed by atoms with van der Waals surface area (Å²) in [7, 11) is 0. The van der Waals surface area contributed by atoms with Gasteiger partial charge in [0.05, 0.1) is 5.01 Å². The van der Waals surface area contributed by atoms with Gasteiger partial charge >= 0.3 is 0 Å². The minimum absolute atomic E-state index is 0.0698. The van der Waals surface area contributed by atoms with E-state index in [0.29, 0.717) is 24.8 Å². The van der Waals surface area contributed by atoms with Crippen molar-refractivity contribution in [3.8, 4) is 0 Å². The number of amides is 1. The summed E-state index contributed by atoms with van der Waals surface area (Å²) in [6.07, 6.45) is 5.84. The van der Waals surface area contributed by atoms with Gasteiger partial charge in [0.25, 0.3) is 5.91 Å². The lowest BCUT2D eigenvalue weighted by Crippen LogP contribution is -2.43. The number of hydrogen-bond acceptors (Lipinski definition) is 5. The van der Waals surface area contributed by atoms with Crippen LogP contribution in [0.1, 0.15) is 48.1 Å². The molecule has 0 radical (unpaired) electrons. The number of nitrogens with one attached hydrogen (secondary N) is 1. The van der Waals surface area contributed by atoms with E-state index < -0.39 is 0 Å². The van der Waals surface area contributed by atoms with Gasteiger partial charge in [-0.1, -0.05) is 13.3 Å². The van der Waals surface area contributed by atoms with Gasteiger partial charge in [-0.3, -0.25) is 9.69 Å². The van der Waals surface area contributed by atoms with Crippen molar-refractivity contribution in [3.63, 3.8) is 0 Å². The Morgan fingerprint density at radius 1 is 1.57 bits per heavy atom. The number of carbonyl (C=O) groups is 1. The summed E-state index contributed by atoms with van der Waals surface area (Å²) in [6, 6.07) is 0.686. The van der Waals surface area contributed by atoms with Crippen LogP contribution in [-0.2, 0) is 6.42 Å². The van der Waals surface area contributed by atoms with Crippen molar-refractivity contribution < 1.29 is 4.79 Å². The van der Waals surface area contributed by atoms with Crippen LogP contribution in [0.2, 0.25) is 0 Å². The Bertz CT molecular complexity index is 449. The highest BCUT2D eigenvalue weighted by atomic mass is 32.1. The van der Waals surface area contributed by atoms with E-state index in [1.807, 2.05) is 5.38 Å². The van der Waals surface area contributed by atoms with E-state index in [1.165, 1.54) is 37.0 Å². The van der Waals surface area contributed by atoms with E-state index in [1.54, 1.807) is 0 Å². The molecule has 2 heterocycles. The zero-order chi connectivity index (χ0) is 15.1. The molecule has 0 bridgehead atoms. The third-order valence-electron chi connectivity index (χ3n) is 4.05. The smallest absolute Gasteiger partial charge is 0.270 e. The lowest BCUT2D eigenvalue weighted by molar-refractivity contribution is 0.0930. The topological polar surface area (TPSA) is 71.2 Å². The van der Waals surface area contributed by atoms with E-state index in [2.05, 4.69) is 22.1 Å². The Morgan fingerprint density at radius 3 is 3.19 bits per heavy atom. The fraction of sp³-hybridized carbons (Fsp3) is 0.733. The minimum Gasteiger partial charge on any atom is -0.349 e. The van der Waals surface area contributed by atoms with Crippen molar-refractivity contribution in [1.82, 2.24) is 15.2 Å². The lowest BCUT2D eigenvalue weighted by atomic mass is 10.0. The molecule has 0 saturated carbocycles. The standard InChI is InChI=1S/C15H26N4OS/c1-2-12-5-3-4-9-19(12)10-8-17-15(20)13-11-21-14(18-13)6-7-16/h11-12H,2-10,16H2,1H3,(H,17,20). The number of piperidine rings is 1. The molecular formula is C15H26N4OS. The molecule has 6 heteroatoms. The summed E-state index contributed by atoms with van der Waals surface area (Å²) < 4.78 is 0. The molecule has 1 saturated heterocycles. The molecule has 21 heavy (non-hydrogen) atoms. The molecule has 1 unspecified atom stereocenters. The average molecular weight is 310 g/mol. The van der Waals surface area contributed by atoms with Gasteiger partial charge in [0.2, 0.25) is 0 Å². The number of likely N-dealkylation sites (tertiary alicyclic amines) is 1. The lowest BCUT2D eigenvalue weighted by Gasteiger charge is -2.35. The molecule has 2 rings (SSSR count). The number of nitrogens with two attached hydrogens (primary N) is 1. The maximum atomic E-state index is 12.0. The van der Waals surface area contributed by atoms with E-state index in [0.717, 1.165) is 24.5 Å². The van der Waals surface area contributed by atoms with Crippen molar-refractivity contribution in [2.24, 2.45) is 5.73 Å². The van der Waals surface area contributed by atoms with Gasteiger partial charge in [-0.2, -0.15) is 0 Å². The molecule has 1 aromatic heterocycles. The number of hydrogen-bond donors (Lipinski definition) is 2. The van der Waals surface area contributed by atoms with Crippen LogP contribution >= 0.6 is 11.3 Å². The van der Waals surface area contributed by atoms with E-state index in [4.69, 9.17) is 5.73 Å². The van der Waals surface area contributed by atoms with Gasteiger partial charge in [-0.15, -0.1) is 11.3 Å². The van der Waals surface area contributed by atoms with Crippen LogP contribution in [0.5, 0.6) is 0 Å². The van der Waals surface area contributed by atoms with E-state index in [9.17, 15) is 4.79 Å². The Balaban J connectivity index is 1.75. The Kier molecular flexibility index (Phi) is 6.60. The minimum atomic E-state index is -0.0698. The zero-order valence-corrected chi connectivity index (χ0v) is 13.6. The highest BCUT2D eigenvalue weighted by molar-refractivity contribution is 7.09. The molecule has 5 nitrogen and oxygen atoms in total. The predicted octanol–water partition coefficient (Wildman–Crippen LogP) is 1.64. The van der Waals surface area contributed by atoms with Gasteiger partial charge in [-0.25, -0.2) is 4.98 Å². The van der Waals surface area contributed by atoms with Crippen molar-refractivity contribution in [1.29, 1.82) is 0 Å². The van der Waals surface area contributed by atoms with Crippen molar-refractivity contribution in [2.75, 3.05) is 26.2 Å². The summed E-state index contributed by atoms with van der Waals surface area (Å²) >= 11 is 1.51. The number of thiazole rings is 1. The maximum absolute atomic E-state index is 12.0. The van der Waals surface area contributed by atoms with Crippen LogP contribution < -0.4 is 11.1 Å². The Labute approximate surface area is 130 Å². The van der Waals surface area contributed by atoms with Crippen LogP contribution in [-0.4, -0.2) is 48.0 Å². The molecule has 0 spiro atoms. The third kappa shape index (κ3) is 4.76. The second-order valence-electron chi connectivity index (χ2n) is 5.51. The van der Waals surface area contributed by atoms with E-state index in [-0.39, 0.29) is 5.91 Å². The van der Waals surface area contributed by atoms with Crippen LogP contribution in [0.15, 0.2) is 5.38 Å². The number of aromatic nitrogens is 1. The van der Waals surface area contributed by atoms with Crippen molar-refractivity contribution in [2.45, 2.75) is 45.1 Å². The molecule has 1 fully saturated rings. The normalized spacial score (nSPS) is 19.6. The summed E-state index contributed by atoms with van der Waals surface area (Å²) in [5.74, 6) is -0.0698. The first-order valence-electron chi connectivity index (χ1n) is 7.91. The first kappa shape index (κ1) is 16.4. The molecule has 0 aliphatic carbocycles. The Morgan fingerprint density at radius 2 is 2.43 bits per heavy atom. The summed E-state index contributed by atoms with van der Waals surface area (Å²) in [4.78, 5) is 18.9. The molecule has 1 amide bonds. The molecule has 1 atom stereocenters. The summed E-state index contributed by atoms with van der Waals surface area (Å²) in [5.41, 5.74) is 6.02. The second-order valence-corrected chi connectivity index (χ2v) is 6.46. The highest BCUT2D eigenvalue weighted by Gasteiger charge is 2.20. The quantitative estimate of drug-likeness (QED) is 0.803. The molecule has 1 aliphatic rings. The molecule has 1 aromatic rings. The largest absolute Gasteiger partial charge is 0.349 e. The zero-order valence-electron chi connectivity index (χ0n) is 12.8. The fourth-order valence-electron chi connectivity index (χ4n) is 2.87. The first-order valence-corrected chi connectivity index (χ1v) is 8.79. The highest BCUT2D eigenvalue weighted by Crippen LogP contribution is 2.18. The van der Waals surface area contributed by atoms with Crippen LogP contribution in [0, 0.1) is 0 Å². The average Bonchev–Trinajstić information content (AvgIpc) is 2.97. The van der Waals surface area contributed by atoms with Crippen molar-refractivity contribution >= 4 is 17.2 Å². The van der Waals surface area contributed by atoms with Crippen LogP contribution in [0.25, 0.3) is 0 Å². The van der Waals surface area contributed by atoms with Crippen LogP contribution in [0.4, 0.5) is 0 Å². The number of rotatable bonds is 7. The molecular weight excluding hydrogens is 284 g/mol. The number of carbonyl (C=O) groups excluding carboxylic acids is 1. The van der Waals surface area contributed by atoms with Gasteiger partial charge in [0.15, 0.2) is 0 Å². The van der Waals surface area contributed by atoms with E-state index >= 15 is 0 Å². The Hall–Kier alpha value is -0.980. The third-order valence-corrected chi connectivity index (χ3v) is 4.96. The van der Waals surface area contributed by atoms with Crippen molar-refractivity contribution in [3.05, 3.63) is 16.1 Å². The van der Waals surface area contributed by atoms with Gasteiger partial charge in [0, 0.05) is 30.9 Å². The monoisotopic (exact) mass is 310 g/mol. The summed E-state index contributed by atoms with van der Waals surface area (Å²) in [5, 5.41) is 5.73. The van der Waals surface area contributed by atoms with Crippen LogP contribution in [0.3, 0.4) is 0 Å².